The van der Waals surface area contributed by atoms with Crippen LogP contribution < -0.4 is 20.2 Å². The molecule has 0 bridgehead atoms. The van der Waals surface area contributed by atoms with Crippen LogP contribution in [0.5, 0.6) is 11.5 Å². The van der Waals surface area contributed by atoms with Crippen LogP contribution in [-0.4, -0.2) is 25.5 Å². The molecule has 0 amide bonds. The van der Waals surface area contributed by atoms with Gasteiger partial charge in [-0.15, -0.1) is 0 Å². The molecule has 1 heterocycles. The van der Waals surface area contributed by atoms with E-state index in [1.807, 2.05) is 0 Å². The van der Waals surface area contributed by atoms with E-state index in [9.17, 15) is 4.79 Å². The van der Waals surface area contributed by atoms with Crippen LogP contribution in [0.3, 0.4) is 0 Å². The molecule has 1 aromatic heterocycles. The Labute approximate surface area is 127 Å². The summed E-state index contributed by atoms with van der Waals surface area (Å²) in [6.07, 6.45) is 3.37. The summed E-state index contributed by atoms with van der Waals surface area (Å²) in [5.74, 6) is 0.675. The first-order chi connectivity index (χ1) is 10.7. The second-order valence-corrected chi connectivity index (χ2v) is 4.19. The van der Waals surface area contributed by atoms with Crippen molar-refractivity contribution in [2.45, 2.75) is 0 Å². The Kier molecular flexibility index (Phi) is 5.31. The van der Waals surface area contributed by atoms with Crippen molar-refractivity contribution in [1.82, 2.24) is 0 Å². The molecule has 0 spiro atoms. The van der Waals surface area contributed by atoms with Crippen molar-refractivity contribution in [1.29, 1.82) is 0 Å². The van der Waals surface area contributed by atoms with Crippen molar-refractivity contribution in [3.8, 4) is 11.5 Å². The summed E-state index contributed by atoms with van der Waals surface area (Å²) in [5, 5.41) is 3.56. The number of benzene rings is 1. The lowest BCUT2D eigenvalue weighted by Gasteiger charge is -2.05. The highest BCUT2D eigenvalue weighted by Gasteiger charge is 2.06. The third-order valence-electron chi connectivity index (χ3n) is 2.68. The number of rotatable bonds is 6. The third-order valence-corrected chi connectivity index (χ3v) is 2.68. The molecule has 0 aliphatic carbocycles. The first-order valence-corrected chi connectivity index (χ1v) is 6.45. The van der Waals surface area contributed by atoms with Gasteiger partial charge >= 0.3 is 5.97 Å². The van der Waals surface area contributed by atoms with Crippen molar-refractivity contribution >= 4 is 11.8 Å². The molecule has 22 heavy (non-hydrogen) atoms. The van der Waals surface area contributed by atoms with Gasteiger partial charge in [-0.1, -0.05) is 5.16 Å². The maximum Gasteiger partial charge on any atom is 0.372 e. The van der Waals surface area contributed by atoms with Crippen molar-refractivity contribution < 1.29 is 24.1 Å². The van der Waals surface area contributed by atoms with Crippen LogP contribution in [0.2, 0.25) is 0 Å². The molecular weight excluding hydrogens is 286 g/mol. The number of carbonyl (C=O) groups excluding carboxylic acids is 1. The standard InChI is InChI=1S/C15H15N3O4/c1-20-12-2-4-13(5-3-12)21-10-14(19)22-18-15(16)11-6-8-17-9-7-11/h2-9H,10H2,1H3,(H2,16,18)/p+1. The number of methoxy groups -OCH3 is 1. The SMILES string of the molecule is COc1ccc(OCC(=O)ON=C(N)c2cc[nH+]cc2)cc1. The molecule has 7 nitrogen and oxygen atoms in total. The number of carbonyl (C=O) groups is 1. The van der Waals surface area contributed by atoms with Crippen molar-refractivity contribution in [2.75, 3.05) is 13.7 Å². The minimum absolute atomic E-state index is 0.104. The maximum absolute atomic E-state index is 11.5. The smallest absolute Gasteiger partial charge is 0.372 e. The highest BCUT2D eigenvalue weighted by Crippen LogP contribution is 2.16. The van der Waals surface area contributed by atoms with Crippen LogP contribution >= 0.6 is 0 Å². The molecular formula is C15H16N3O4+. The predicted octanol–water partition coefficient (Wildman–Crippen LogP) is 0.752. The van der Waals surface area contributed by atoms with Crippen molar-refractivity contribution in [3.63, 3.8) is 0 Å². The molecule has 0 unspecified atom stereocenters. The van der Waals surface area contributed by atoms with Crippen LogP contribution in [0.15, 0.2) is 53.9 Å². The average Bonchev–Trinajstić information content (AvgIpc) is 2.59. The summed E-state index contributed by atoms with van der Waals surface area (Å²) in [7, 11) is 1.57. The third kappa shape index (κ3) is 4.48. The van der Waals surface area contributed by atoms with Crippen LogP contribution in [0.1, 0.15) is 5.56 Å². The molecule has 2 rings (SSSR count). The largest absolute Gasteiger partial charge is 0.497 e. The molecule has 7 heteroatoms. The summed E-state index contributed by atoms with van der Waals surface area (Å²) >= 11 is 0. The van der Waals surface area contributed by atoms with Gasteiger partial charge in [-0.05, 0) is 24.3 Å². The zero-order chi connectivity index (χ0) is 15.8. The topological polar surface area (TPSA) is 97.3 Å². The summed E-state index contributed by atoms with van der Waals surface area (Å²) in [6, 6.07) is 10.2. The second kappa shape index (κ2) is 7.63. The van der Waals surface area contributed by atoms with Gasteiger partial charge in [0.2, 0.25) is 0 Å². The zero-order valence-corrected chi connectivity index (χ0v) is 12.0. The number of amidine groups is 1. The van der Waals surface area contributed by atoms with E-state index in [1.165, 1.54) is 0 Å². The fourth-order valence-electron chi connectivity index (χ4n) is 1.55. The lowest BCUT2D eigenvalue weighted by Crippen LogP contribution is -2.18. The van der Waals surface area contributed by atoms with Crippen LogP contribution in [0.25, 0.3) is 0 Å². The minimum atomic E-state index is -0.652. The molecule has 0 atom stereocenters. The van der Waals surface area contributed by atoms with Gasteiger partial charge in [0.1, 0.15) is 11.5 Å². The highest BCUT2D eigenvalue weighted by atomic mass is 16.7. The predicted molar refractivity (Wildman–Crippen MR) is 78.3 cm³/mol. The number of aromatic nitrogens is 1. The van der Waals surface area contributed by atoms with Crippen LogP contribution in [0, 0.1) is 0 Å². The minimum Gasteiger partial charge on any atom is -0.497 e. The van der Waals surface area contributed by atoms with Gasteiger partial charge in [-0.3, -0.25) is 0 Å². The zero-order valence-electron chi connectivity index (χ0n) is 12.0. The van der Waals surface area contributed by atoms with Gasteiger partial charge in [0.05, 0.1) is 7.11 Å². The Morgan fingerprint density at radius 2 is 1.77 bits per heavy atom. The first kappa shape index (κ1) is 15.3. The number of hydrogen-bond donors (Lipinski definition) is 1. The molecule has 114 valence electrons. The van der Waals surface area contributed by atoms with Gasteiger partial charge in [0.15, 0.2) is 24.8 Å². The summed E-state index contributed by atoms with van der Waals surface area (Å²) < 4.78 is 10.3. The maximum atomic E-state index is 11.5. The number of aromatic amines is 1. The van der Waals surface area contributed by atoms with E-state index in [2.05, 4.69) is 15.0 Å². The fraction of sp³-hybridized carbons (Fsp3) is 0.133. The van der Waals surface area contributed by atoms with E-state index in [-0.39, 0.29) is 12.4 Å². The Hall–Kier alpha value is -3.09. The molecule has 0 fully saturated rings. The van der Waals surface area contributed by atoms with Gasteiger partial charge in [0.25, 0.3) is 0 Å². The lowest BCUT2D eigenvalue weighted by molar-refractivity contribution is -0.378. The fourth-order valence-corrected chi connectivity index (χ4v) is 1.55. The molecule has 0 aliphatic rings. The monoisotopic (exact) mass is 302 g/mol. The molecule has 0 aliphatic heterocycles. The number of nitrogens with two attached hydrogens (primary N) is 1. The number of nitrogens with zero attached hydrogens (tertiary/aromatic N) is 1. The molecule has 0 saturated heterocycles. The van der Waals surface area contributed by atoms with Crippen molar-refractivity contribution in [2.24, 2.45) is 10.9 Å². The summed E-state index contributed by atoms with van der Waals surface area (Å²) in [5.41, 5.74) is 6.33. The number of oxime groups is 1. The van der Waals surface area contributed by atoms with Gasteiger partial charge in [0, 0.05) is 17.7 Å². The number of nitrogens with one attached hydrogen (secondary N) is 1. The lowest BCUT2D eigenvalue weighted by atomic mass is 10.2. The number of hydrogen-bond acceptors (Lipinski definition) is 5. The molecule has 0 saturated carbocycles. The number of pyridine rings is 1. The molecule has 2 aromatic rings. The van der Waals surface area contributed by atoms with Crippen LogP contribution in [-0.2, 0) is 9.63 Å². The Bertz CT molecular complexity index is 642. The van der Waals surface area contributed by atoms with E-state index in [4.69, 9.17) is 15.2 Å². The molecule has 3 N–H and O–H groups in total. The van der Waals surface area contributed by atoms with Crippen LogP contribution in [0.4, 0.5) is 0 Å². The number of H-pyrrole nitrogens is 1. The Morgan fingerprint density at radius 1 is 1.14 bits per heavy atom. The van der Waals surface area contributed by atoms with E-state index in [1.54, 1.807) is 55.9 Å². The summed E-state index contributed by atoms with van der Waals surface area (Å²) in [4.78, 5) is 19.1. The Balaban J connectivity index is 1.82. The van der Waals surface area contributed by atoms with E-state index in [0.29, 0.717) is 17.1 Å². The average molecular weight is 302 g/mol. The quantitative estimate of drug-likeness (QED) is 0.367. The van der Waals surface area contributed by atoms with E-state index in [0.717, 1.165) is 0 Å². The van der Waals surface area contributed by atoms with Gasteiger partial charge < -0.3 is 20.0 Å². The Morgan fingerprint density at radius 3 is 2.41 bits per heavy atom. The second-order valence-electron chi connectivity index (χ2n) is 4.19. The van der Waals surface area contributed by atoms with Gasteiger partial charge in [-0.25, -0.2) is 9.78 Å². The number of ether oxygens (including phenoxy) is 2. The first-order valence-electron chi connectivity index (χ1n) is 6.45. The van der Waals surface area contributed by atoms with E-state index >= 15 is 0 Å². The van der Waals surface area contributed by atoms with Crippen molar-refractivity contribution in [3.05, 3.63) is 54.4 Å². The summed E-state index contributed by atoms with van der Waals surface area (Å²) in [6.45, 7) is -0.272. The normalized spacial score (nSPS) is 10.9. The highest BCUT2D eigenvalue weighted by molar-refractivity contribution is 5.97. The van der Waals surface area contributed by atoms with Gasteiger partial charge in [-0.2, -0.15) is 0 Å². The van der Waals surface area contributed by atoms with E-state index < -0.39 is 5.97 Å². The molecule has 0 radical (unpaired) electrons. The molecule has 1 aromatic carbocycles.